The molecule has 1 aromatic carbocycles. The molecule has 0 aliphatic rings. The van der Waals surface area contributed by atoms with Crippen LogP contribution in [-0.4, -0.2) is 33.5 Å². The van der Waals surface area contributed by atoms with Gasteiger partial charge in [-0.05, 0) is 31.2 Å². The molecule has 0 amide bonds. The van der Waals surface area contributed by atoms with Crippen LogP contribution in [0.15, 0.2) is 66.8 Å². The number of aliphatic carboxylic acids is 1. The zero-order valence-electron chi connectivity index (χ0n) is 17.1. The zero-order valence-corrected chi connectivity index (χ0v) is 17.1. The first kappa shape index (κ1) is 24.4. The van der Waals surface area contributed by atoms with Crippen LogP contribution in [0.3, 0.4) is 0 Å². The van der Waals surface area contributed by atoms with E-state index >= 15 is 0 Å². The van der Waals surface area contributed by atoms with Crippen molar-refractivity contribution in [3.05, 3.63) is 72.4 Å². The molecule has 0 radical (unpaired) electrons. The molecule has 4 nitrogen and oxygen atoms in total. The molecule has 0 aliphatic heterocycles. The molecule has 0 aliphatic carbocycles. The average Bonchev–Trinajstić information content (AvgIpc) is 2.72. The predicted octanol–water partition coefficient (Wildman–Crippen LogP) is 4.29. The third-order valence-corrected chi connectivity index (χ3v) is 4.38. The monoisotopic (exact) mass is 396 g/mol. The van der Waals surface area contributed by atoms with E-state index in [-0.39, 0.29) is 18.8 Å². The summed E-state index contributed by atoms with van der Waals surface area (Å²) in [5.41, 5.74) is 1.30. The smallest absolute Gasteiger partial charge is 0.303 e. The number of aliphatic hydroxyl groups excluding tert-OH is 2. The second-order valence-electron chi connectivity index (χ2n) is 6.82. The first-order chi connectivity index (χ1) is 14.0. The number of aryl methyl sites for hydroxylation is 1. The van der Waals surface area contributed by atoms with Crippen molar-refractivity contribution in [1.29, 1.82) is 0 Å². The van der Waals surface area contributed by atoms with Crippen LogP contribution in [0.2, 0.25) is 0 Å². The highest BCUT2D eigenvalue weighted by Gasteiger charge is 2.12. The van der Waals surface area contributed by atoms with Crippen molar-refractivity contribution < 1.29 is 20.1 Å². The summed E-state index contributed by atoms with van der Waals surface area (Å²) in [7, 11) is 0. The lowest BCUT2D eigenvalue weighted by Gasteiger charge is -2.13. The van der Waals surface area contributed by atoms with Gasteiger partial charge in [0.05, 0.1) is 12.2 Å². The largest absolute Gasteiger partial charge is 0.481 e. The number of carboxylic acids is 1. The number of allylic oxidation sites excluding steroid dienone is 5. The zero-order chi connectivity index (χ0) is 21.3. The first-order valence-corrected chi connectivity index (χ1v) is 10.1. The fraction of sp³-hybridized carbons (Fsp3) is 0.400. The van der Waals surface area contributed by atoms with Crippen molar-refractivity contribution in [2.24, 2.45) is 5.92 Å². The summed E-state index contributed by atoms with van der Waals surface area (Å²) >= 11 is 0. The van der Waals surface area contributed by atoms with Crippen LogP contribution in [0.25, 0.3) is 0 Å². The second kappa shape index (κ2) is 15.3. The lowest BCUT2D eigenvalue weighted by atomic mass is 10.1. The number of carbonyl (C=O) groups is 1. The number of aliphatic hydroxyl groups is 2. The molecule has 29 heavy (non-hydrogen) atoms. The molecule has 0 spiro atoms. The molecule has 3 atom stereocenters. The van der Waals surface area contributed by atoms with Gasteiger partial charge in [-0.1, -0.05) is 79.6 Å². The van der Waals surface area contributed by atoms with E-state index in [4.69, 9.17) is 5.11 Å². The Morgan fingerprint density at radius 3 is 2.41 bits per heavy atom. The van der Waals surface area contributed by atoms with Gasteiger partial charge in [-0.15, -0.1) is 5.92 Å². The Kier molecular flexibility index (Phi) is 12.9. The normalized spacial score (nSPS) is 14.7. The van der Waals surface area contributed by atoms with Gasteiger partial charge >= 0.3 is 5.97 Å². The quantitative estimate of drug-likeness (QED) is 0.364. The van der Waals surface area contributed by atoms with Crippen LogP contribution in [0.4, 0.5) is 0 Å². The summed E-state index contributed by atoms with van der Waals surface area (Å²) in [6, 6.07) is 10.3. The summed E-state index contributed by atoms with van der Waals surface area (Å²) < 4.78 is 0. The van der Waals surface area contributed by atoms with Crippen molar-refractivity contribution in [1.82, 2.24) is 0 Å². The molecule has 0 saturated carbocycles. The Balaban J connectivity index is 2.33. The lowest BCUT2D eigenvalue weighted by Crippen LogP contribution is -2.23. The lowest BCUT2D eigenvalue weighted by molar-refractivity contribution is -0.137. The van der Waals surface area contributed by atoms with E-state index in [1.165, 1.54) is 11.6 Å². The van der Waals surface area contributed by atoms with E-state index in [2.05, 4.69) is 37.0 Å². The molecule has 0 saturated heterocycles. The van der Waals surface area contributed by atoms with Gasteiger partial charge in [-0.25, -0.2) is 0 Å². The molecular weight excluding hydrogens is 364 g/mol. The predicted molar refractivity (Wildman–Crippen MR) is 117 cm³/mol. The number of hydrogen-bond acceptors (Lipinski definition) is 3. The van der Waals surface area contributed by atoms with Crippen LogP contribution in [-0.2, 0) is 11.2 Å². The number of benzene rings is 1. The van der Waals surface area contributed by atoms with Crippen LogP contribution in [0.5, 0.6) is 0 Å². The van der Waals surface area contributed by atoms with Crippen molar-refractivity contribution in [3.8, 4) is 11.8 Å². The summed E-state index contributed by atoms with van der Waals surface area (Å²) in [6.07, 6.45) is 12.2. The maximum Gasteiger partial charge on any atom is 0.303 e. The Morgan fingerprint density at radius 2 is 1.76 bits per heavy atom. The van der Waals surface area contributed by atoms with Crippen molar-refractivity contribution in [2.75, 3.05) is 0 Å². The van der Waals surface area contributed by atoms with Crippen molar-refractivity contribution >= 4 is 5.97 Å². The highest BCUT2D eigenvalue weighted by atomic mass is 16.4. The van der Waals surface area contributed by atoms with E-state index in [1.807, 2.05) is 30.4 Å². The van der Waals surface area contributed by atoms with Crippen LogP contribution < -0.4 is 0 Å². The second-order valence-corrected chi connectivity index (χ2v) is 6.82. The molecule has 1 unspecified atom stereocenters. The summed E-state index contributed by atoms with van der Waals surface area (Å²) in [5, 5.41) is 28.2. The van der Waals surface area contributed by atoms with Crippen LogP contribution in [0, 0.1) is 17.8 Å². The summed E-state index contributed by atoms with van der Waals surface area (Å²) in [6.45, 7) is 2.10. The van der Waals surface area contributed by atoms with Crippen LogP contribution in [0.1, 0.15) is 44.6 Å². The van der Waals surface area contributed by atoms with Gasteiger partial charge in [-0.2, -0.15) is 0 Å². The van der Waals surface area contributed by atoms with Crippen LogP contribution >= 0.6 is 0 Å². The minimum atomic E-state index is -1.00. The van der Waals surface area contributed by atoms with Gasteiger partial charge in [0, 0.05) is 18.8 Å². The minimum Gasteiger partial charge on any atom is -0.481 e. The van der Waals surface area contributed by atoms with E-state index in [9.17, 15) is 15.0 Å². The minimum absolute atomic E-state index is 0.00800. The van der Waals surface area contributed by atoms with Gasteiger partial charge in [0.25, 0.3) is 0 Å². The SMILES string of the molecule is CCC(C#CCCc1ccccc1)C=CC=CC=C[C@@H](O)[C@@H](O)CCCC(=O)O. The average molecular weight is 397 g/mol. The Bertz CT molecular complexity index is 722. The molecule has 1 aromatic rings. The van der Waals surface area contributed by atoms with Gasteiger partial charge < -0.3 is 15.3 Å². The number of hydrogen-bond donors (Lipinski definition) is 3. The van der Waals surface area contributed by atoms with Gasteiger partial charge in [-0.3, -0.25) is 4.79 Å². The molecule has 3 N–H and O–H groups in total. The molecule has 0 fully saturated rings. The van der Waals surface area contributed by atoms with Crippen molar-refractivity contribution in [2.45, 2.75) is 57.7 Å². The highest BCUT2D eigenvalue weighted by molar-refractivity contribution is 5.66. The molecule has 0 aromatic heterocycles. The molecule has 1 rings (SSSR count). The van der Waals surface area contributed by atoms with Gasteiger partial charge in [0.15, 0.2) is 0 Å². The molecule has 0 heterocycles. The number of rotatable bonds is 12. The first-order valence-electron chi connectivity index (χ1n) is 10.1. The van der Waals surface area contributed by atoms with E-state index in [1.54, 1.807) is 12.2 Å². The topological polar surface area (TPSA) is 77.8 Å². The third kappa shape index (κ3) is 12.5. The number of carboxylic acid groups (broad SMARTS) is 1. The van der Waals surface area contributed by atoms with E-state index in [0.717, 1.165) is 19.3 Å². The van der Waals surface area contributed by atoms with Gasteiger partial charge in [0.2, 0.25) is 0 Å². The Hall–Kier alpha value is -2.61. The standard InChI is InChI=1S/C25H32O4/c1-2-21(14-10-11-17-22-15-7-5-8-16-22)13-6-3-4-9-18-23(26)24(27)19-12-20-25(28)29/h3-9,13,15-16,18,21,23-24,26-27H,2,11-12,17,19-20H2,1H3,(H,28,29)/t21?,23-,24+/m1/s1. The fourth-order valence-corrected chi connectivity index (χ4v) is 2.61. The molecular formula is C25H32O4. The Labute approximate surface area is 174 Å². The maximum absolute atomic E-state index is 10.4. The van der Waals surface area contributed by atoms with E-state index < -0.39 is 18.2 Å². The Morgan fingerprint density at radius 1 is 1.07 bits per heavy atom. The molecule has 156 valence electrons. The van der Waals surface area contributed by atoms with Crippen molar-refractivity contribution in [3.63, 3.8) is 0 Å². The van der Waals surface area contributed by atoms with E-state index in [0.29, 0.717) is 6.42 Å². The molecule has 0 bridgehead atoms. The maximum atomic E-state index is 10.4. The third-order valence-electron chi connectivity index (χ3n) is 4.38. The summed E-state index contributed by atoms with van der Waals surface area (Å²) in [5.74, 6) is 5.85. The highest BCUT2D eigenvalue weighted by Crippen LogP contribution is 2.07. The fourth-order valence-electron chi connectivity index (χ4n) is 2.61. The summed E-state index contributed by atoms with van der Waals surface area (Å²) in [4.78, 5) is 10.4. The van der Waals surface area contributed by atoms with Gasteiger partial charge in [0.1, 0.15) is 0 Å². The molecule has 4 heteroatoms.